The van der Waals surface area contributed by atoms with E-state index in [-0.39, 0.29) is 17.5 Å². The standard InChI is InChI=1S/C22H23BrN2O2/c1-14-11-22(2,13-26)10-9-15(14)12-25-18-6-4-3-5-17(18)24-20-19(25)8-7-16(23)21(20)27/h3-8,26H,9-13H2,1-2H3. The van der Waals surface area contributed by atoms with Gasteiger partial charge in [-0.1, -0.05) is 30.2 Å². The molecule has 5 heteroatoms. The first-order chi connectivity index (χ1) is 12.9. The van der Waals surface area contributed by atoms with Crippen molar-refractivity contribution in [3.63, 3.8) is 0 Å². The van der Waals surface area contributed by atoms with Crippen molar-refractivity contribution in [1.82, 2.24) is 9.55 Å². The fourth-order valence-corrected chi connectivity index (χ4v) is 4.45. The van der Waals surface area contributed by atoms with E-state index in [0.717, 1.165) is 42.5 Å². The Morgan fingerprint density at radius 2 is 2.04 bits per heavy atom. The highest BCUT2D eigenvalue weighted by molar-refractivity contribution is 9.10. The van der Waals surface area contributed by atoms with Crippen LogP contribution in [-0.4, -0.2) is 21.3 Å². The monoisotopic (exact) mass is 426 g/mol. The Morgan fingerprint density at radius 3 is 2.78 bits per heavy atom. The third kappa shape index (κ3) is 3.23. The largest absolute Gasteiger partial charge is 0.396 e. The molecule has 1 aromatic carbocycles. The molecule has 0 fully saturated rings. The zero-order valence-corrected chi connectivity index (χ0v) is 17.2. The van der Waals surface area contributed by atoms with Crippen LogP contribution in [0.15, 0.2) is 56.8 Å². The lowest BCUT2D eigenvalue weighted by atomic mass is 9.74. The molecule has 1 atom stereocenters. The van der Waals surface area contributed by atoms with E-state index in [4.69, 9.17) is 0 Å². The van der Waals surface area contributed by atoms with Crippen LogP contribution in [0.2, 0.25) is 0 Å². The first-order valence-corrected chi connectivity index (χ1v) is 10.1. The Hall–Kier alpha value is -1.98. The topological polar surface area (TPSA) is 55.1 Å². The maximum absolute atomic E-state index is 12.6. The molecule has 0 bridgehead atoms. The first-order valence-electron chi connectivity index (χ1n) is 9.28. The van der Waals surface area contributed by atoms with Crippen LogP contribution in [0.4, 0.5) is 0 Å². The van der Waals surface area contributed by atoms with Crippen LogP contribution in [0.1, 0.15) is 33.1 Å². The number of aromatic nitrogens is 2. The molecule has 1 unspecified atom stereocenters. The molecular weight excluding hydrogens is 404 g/mol. The summed E-state index contributed by atoms with van der Waals surface area (Å²) in [6.45, 7) is 5.29. The predicted octanol–water partition coefficient (Wildman–Crippen LogP) is 4.76. The summed E-state index contributed by atoms with van der Waals surface area (Å²) in [4.78, 5) is 17.3. The third-order valence-electron chi connectivity index (χ3n) is 5.81. The molecule has 3 aliphatic rings. The summed E-state index contributed by atoms with van der Waals surface area (Å²) in [5.41, 5.74) is 5.85. The van der Waals surface area contributed by atoms with E-state index in [0.29, 0.717) is 10.2 Å². The summed E-state index contributed by atoms with van der Waals surface area (Å²) in [5.74, 6) is 0. The van der Waals surface area contributed by atoms with Gasteiger partial charge < -0.3 is 9.67 Å². The van der Waals surface area contributed by atoms with Gasteiger partial charge in [0.2, 0.25) is 5.43 Å². The highest BCUT2D eigenvalue weighted by atomic mass is 79.9. The molecule has 0 saturated carbocycles. The van der Waals surface area contributed by atoms with Gasteiger partial charge >= 0.3 is 0 Å². The second kappa shape index (κ2) is 6.88. The minimum atomic E-state index is -0.0748. The minimum absolute atomic E-state index is 0.0202. The van der Waals surface area contributed by atoms with Crippen molar-refractivity contribution in [3.8, 4) is 11.4 Å². The van der Waals surface area contributed by atoms with Crippen LogP contribution >= 0.6 is 15.9 Å². The van der Waals surface area contributed by atoms with E-state index < -0.39 is 0 Å². The number of allylic oxidation sites excluding steroid dienone is 2. The van der Waals surface area contributed by atoms with Gasteiger partial charge in [-0.15, -0.1) is 0 Å². The molecule has 140 valence electrons. The molecule has 0 spiro atoms. The molecule has 1 aliphatic heterocycles. The number of benzene rings is 2. The average molecular weight is 427 g/mol. The molecule has 4 nitrogen and oxygen atoms in total. The first kappa shape index (κ1) is 18.4. The number of fused-ring (bicyclic) bond motifs is 2. The maximum atomic E-state index is 12.6. The van der Waals surface area contributed by atoms with Gasteiger partial charge in [-0.2, -0.15) is 0 Å². The number of rotatable bonds is 3. The van der Waals surface area contributed by atoms with Crippen LogP contribution < -0.4 is 5.43 Å². The van der Waals surface area contributed by atoms with Gasteiger partial charge in [0.25, 0.3) is 0 Å². The van der Waals surface area contributed by atoms with Crippen molar-refractivity contribution in [3.05, 3.63) is 62.2 Å². The van der Waals surface area contributed by atoms with Gasteiger partial charge in [0, 0.05) is 13.2 Å². The number of para-hydroxylation sites is 2. The predicted molar refractivity (Wildman–Crippen MR) is 112 cm³/mol. The second-order valence-electron chi connectivity index (χ2n) is 7.96. The van der Waals surface area contributed by atoms with Crippen molar-refractivity contribution in [2.75, 3.05) is 6.61 Å². The molecule has 4 rings (SSSR count). The molecule has 1 aromatic rings. The number of hydrogen-bond donors (Lipinski definition) is 1. The summed E-state index contributed by atoms with van der Waals surface area (Å²) >= 11 is 3.34. The summed E-state index contributed by atoms with van der Waals surface area (Å²) in [6, 6.07) is 11.8. The van der Waals surface area contributed by atoms with Crippen molar-refractivity contribution in [2.45, 2.75) is 39.7 Å². The molecule has 0 saturated heterocycles. The molecule has 0 radical (unpaired) electrons. The zero-order valence-electron chi connectivity index (χ0n) is 15.6. The van der Waals surface area contributed by atoms with E-state index in [2.05, 4.69) is 45.4 Å². The van der Waals surface area contributed by atoms with Gasteiger partial charge in [-0.25, -0.2) is 4.98 Å². The third-order valence-corrected chi connectivity index (χ3v) is 6.44. The highest BCUT2D eigenvalue weighted by Gasteiger charge is 2.29. The fraction of sp³-hybridized carbons (Fsp3) is 0.364. The second-order valence-corrected chi connectivity index (χ2v) is 8.81. The van der Waals surface area contributed by atoms with Crippen molar-refractivity contribution < 1.29 is 5.11 Å². The SMILES string of the molecule is CC1=C(Cn2c3ccc(Br)c(=O)c-3nc3ccccc32)CCC(C)(CO)C1. The van der Waals surface area contributed by atoms with Crippen molar-refractivity contribution >= 4 is 27.0 Å². The summed E-state index contributed by atoms with van der Waals surface area (Å²) in [7, 11) is 0. The Balaban J connectivity index is 1.89. The normalized spacial score (nSPS) is 20.6. The van der Waals surface area contributed by atoms with E-state index in [1.807, 2.05) is 30.3 Å². The maximum Gasteiger partial charge on any atom is 0.220 e. The summed E-state index contributed by atoms with van der Waals surface area (Å²) in [6.07, 6.45) is 2.86. The quantitative estimate of drug-likeness (QED) is 0.484. The van der Waals surface area contributed by atoms with E-state index >= 15 is 0 Å². The fourth-order valence-electron chi connectivity index (χ4n) is 4.13. The number of aliphatic hydroxyl groups is 1. The lowest BCUT2D eigenvalue weighted by Crippen LogP contribution is -2.27. The Bertz CT molecular complexity index is 1090. The van der Waals surface area contributed by atoms with Crippen LogP contribution in [0.25, 0.3) is 22.4 Å². The van der Waals surface area contributed by atoms with Crippen LogP contribution in [0, 0.1) is 5.41 Å². The smallest absolute Gasteiger partial charge is 0.220 e. The van der Waals surface area contributed by atoms with E-state index in [1.54, 1.807) is 0 Å². The highest BCUT2D eigenvalue weighted by Crippen LogP contribution is 2.39. The van der Waals surface area contributed by atoms with Gasteiger partial charge in [0.05, 0.1) is 21.2 Å². The molecule has 0 amide bonds. The molecule has 0 aromatic heterocycles. The number of hydrogen-bond acceptors (Lipinski definition) is 3. The molecular formula is C22H23BrN2O2. The molecule has 1 N–H and O–H groups in total. The van der Waals surface area contributed by atoms with Crippen molar-refractivity contribution in [1.29, 1.82) is 0 Å². The van der Waals surface area contributed by atoms with E-state index in [9.17, 15) is 9.90 Å². The molecule has 2 aliphatic carbocycles. The average Bonchev–Trinajstić information content (AvgIpc) is 2.67. The van der Waals surface area contributed by atoms with Gasteiger partial charge in [0.1, 0.15) is 5.69 Å². The lowest BCUT2D eigenvalue weighted by Gasteiger charge is -2.34. The van der Waals surface area contributed by atoms with Crippen LogP contribution in [0.5, 0.6) is 0 Å². The van der Waals surface area contributed by atoms with Gasteiger partial charge in [-0.05, 0) is 71.8 Å². The Morgan fingerprint density at radius 1 is 1.26 bits per heavy atom. The zero-order chi connectivity index (χ0) is 19.2. The van der Waals surface area contributed by atoms with Crippen LogP contribution in [-0.2, 0) is 6.54 Å². The number of aliphatic hydroxyl groups excluding tert-OH is 1. The molecule has 27 heavy (non-hydrogen) atoms. The van der Waals surface area contributed by atoms with Gasteiger partial charge in [0.15, 0.2) is 0 Å². The number of nitrogens with zero attached hydrogens (tertiary/aromatic N) is 2. The molecule has 1 heterocycles. The Kier molecular flexibility index (Phi) is 4.68. The van der Waals surface area contributed by atoms with E-state index in [1.165, 1.54) is 11.1 Å². The minimum Gasteiger partial charge on any atom is -0.396 e. The summed E-state index contributed by atoms with van der Waals surface area (Å²) in [5, 5.41) is 9.71. The van der Waals surface area contributed by atoms with Gasteiger partial charge in [-0.3, -0.25) is 4.79 Å². The number of halogens is 1. The Labute approximate surface area is 167 Å². The summed E-state index contributed by atoms with van der Waals surface area (Å²) < 4.78 is 2.75. The van der Waals surface area contributed by atoms with Crippen molar-refractivity contribution in [2.24, 2.45) is 5.41 Å². The van der Waals surface area contributed by atoms with Crippen LogP contribution in [0.3, 0.4) is 0 Å². The lowest BCUT2D eigenvalue weighted by molar-refractivity contribution is 0.126.